The zero-order valence-corrected chi connectivity index (χ0v) is 12.3. The molecule has 0 aliphatic carbocycles. The molecule has 2 rings (SSSR count). The molecule has 0 aliphatic heterocycles. The molecular weight excluding hydrogens is 283 g/mol. The normalized spacial score (nSPS) is 11.4. The van der Waals surface area contributed by atoms with Gasteiger partial charge in [-0.25, -0.2) is 4.39 Å². The summed E-state index contributed by atoms with van der Waals surface area (Å²) in [4.78, 5) is 12.0. The van der Waals surface area contributed by atoms with Gasteiger partial charge in [0.1, 0.15) is 11.6 Å². The molecular formula is C17H15FN2O2. The number of amides is 1. The summed E-state index contributed by atoms with van der Waals surface area (Å²) in [5, 5.41) is 11.4. The van der Waals surface area contributed by atoms with Crippen LogP contribution in [0.3, 0.4) is 0 Å². The van der Waals surface area contributed by atoms with E-state index in [4.69, 9.17) is 10.00 Å². The number of aryl methyl sites for hydroxylation is 1. The number of hydrogen-bond donors (Lipinski definition) is 1. The zero-order chi connectivity index (χ0) is 16.1. The molecule has 0 radical (unpaired) electrons. The van der Waals surface area contributed by atoms with E-state index in [0.29, 0.717) is 22.6 Å². The van der Waals surface area contributed by atoms with Gasteiger partial charge in [-0.15, -0.1) is 0 Å². The van der Waals surface area contributed by atoms with Crippen molar-refractivity contribution in [3.05, 3.63) is 59.4 Å². The fourth-order valence-corrected chi connectivity index (χ4v) is 1.81. The van der Waals surface area contributed by atoms with Gasteiger partial charge >= 0.3 is 0 Å². The molecule has 0 saturated heterocycles. The van der Waals surface area contributed by atoms with E-state index in [1.165, 1.54) is 6.07 Å². The van der Waals surface area contributed by atoms with Crippen LogP contribution in [0.25, 0.3) is 0 Å². The molecule has 0 spiro atoms. The number of benzene rings is 2. The van der Waals surface area contributed by atoms with Crippen molar-refractivity contribution in [3.8, 4) is 11.8 Å². The highest BCUT2D eigenvalue weighted by atomic mass is 19.1. The van der Waals surface area contributed by atoms with Crippen LogP contribution < -0.4 is 10.1 Å². The Morgan fingerprint density at radius 3 is 2.77 bits per heavy atom. The van der Waals surface area contributed by atoms with Gasteiger partial charge in [-0.05, 0) is 49.7 Å². The first kappa shape index (κ1) is 15.5. The molecule has 2 aromatic rings. The summed E-state index contributed by atoms with van der Waals surface area (Å²) in [5.41, 5.74) is 1.33. The Bertz CT molecular complexity index is 738. The van der Waals surface area contributed by atoms with Crippen LogP contribution in [-0.2, 0) is 4.79 Å². The Morgan fingerprint density at radius 1 is 1.32 bits per heavy atom. The molecule has 0 heterocycles. The van der Waals surface area contributed by atoms with E-state index in [-0.39, 0.29) is 5.82 Å². The van der Waals surface area contributed by atoms with E-state index >= 15 is 0 Å². The van der Waals surface area contributed by atoms with Crippen molar-refractivity contribution in [1.82, 2.24) is 0 Å². The number of nitrogens with zero attached hydrogens (tertiary/aromatic N) is 1. The number of nitriles is 1. The summed E-state index contributed by atoms with van der Waals surface area (Å²) in [5.74, 6) is -0.351. The summed E-state index contributed by atoms with van der Waals surface area (Å²) in [6, 6.07) is 13.0. The molecule has 4 nitrogen and oxygen atoms in total. The van der Waals surface area contributed by atoms with Gasteiger partial charge in [0.25, 0.3) is 5.91 Å². The number of rotatable bonds is 4. The highest BCUT2D eigenvalue weighted by Crippen LogP contribution is 2.17. The SMILES string of the molecule is Cc1ccc(NC(=O)C(C)Oc2cccc(C#N)c2)cc1F. The predicted molar refractivity (Wildman–Crippen MR) is 81.0 cm³/mol. The van der Waals surface area contributed by atoms with Crippen LogP contribution in [0.1, 0.15) is 18.1 Å². The Kier molecular flexibility index (Phi) is 4.74. The monoisotopic (exact) mass is 298 g/mol. The van der Waals surface area contributed by atoms with Gasteiger partial charge in [-0.1, -0.05) is 12.1 Å². The number of carbonyl (C=O) groups is 1. The number of nitrogens with one attached hydrogen (secondary N) is 1. The Labute approximate surface area is 128 Å². The van der Waals surface area contributed by atoms with E-state index in [2.05, 4.69) is 5.32 Å². The van der Waals surface area contributed by atoms with Crippen molar-refractivity contribution in [2.45, 2.75) is 20.0 Å². The van der Waals surface area contributed by atoms with Gasteiger partial charge in [-0.3, -0.25) is 4.79 Å². The summed E-state index contributed by atoms with van der Waals surface area (Å²) in [7, 11) is 0. The van der Waals surface area contributed by atoms with Crippen LogP contribution in [0.5, 0.6) is 5.75 Å². The molecule has 0 aromatic heterocycles. The van der Waals surface area contributed by atoms with Gasteiger partial charge in [0.2, 0.25) is 0 Å². The van der Waals surface area contributed by atoms with Crippen molar-refractivity contribution < 1.29 is 13.9 Å². The van der Waals surface area contributed by atoms with Crippen molar-refractivity contribution in [2.75, 3.05) is 5.32 Å². The maximum Gasteiger partial charge on any atom is 0.265 e. The summed E-state index contributed by atoms with van der Waals surface area (Å²) in [6.45, 7) is 3.23. The quantitative estimate of drug-likeness (QED) is 0.940. The predicted octanol–water partition coefficient (Wildman–Crippen LogP) is 3.41. The van der Waals surface area contributed by atoms with Gasteiger partial charge in [0, 0.05) is 5.69 Å². The van der Waals surface area contributed by atoms with Crippen LogP contribution in [-0.4, -0.2) is 12.0 Å². The number of anilines is 1. The lowest BCUT2D eigenvalue weighted by Crippen LogP contribution is -2.30. The second-order valence-electron chi connectivity index (χ2n) is 4.85. The average molecular weight is 298 g/mol. The van der Waals surface area contributed by atoms with E-state index in [0.717, 1.165) is 0 Å². The average Bonchev–Trinajstić information content (AvgIpc) is 2.51. The van der Waals surface area contributed by atoms with Crippen molar-refractivity contribution >= 4 is 11.6 Å². The Morgan fingerprint density at radius 2 is 2.09 bits per heavy atom. The minimum Gasteiger partial charge on any atom is -0.481 e. The lowest BCUT2D eigenvalue weighted by molar-refractivity contribution is -0.122. The second-order valence-corrected chi connectivity index (χ2v) is 4.85. The molecule has 0 bridgehead atoms. The first-order valence-corrected chi connectivity index (χ1v) is 6.73. The largest absolute Gasteiger partial charge is 0.481 e. The van der Waals surface area contributed by atoms with Crippen LogP contribution in [0.4, 0.5) is 10.1 Å². The molecule has 22 heavy (non-hydrogen) atoms. The van der Waals surface area contributed by atoms with Crippen molar-refractivity contribution in [3.63, 3.8) is 0 Å². The lowest BCUT2D eigenvalue weighted by atomic mass is 10.2. The molecule has 1 amide bonds. The summed E-state index contributed by atoms with van der Waals surface area (Å²) < 4.78 is 18.9. The summed E-state index contributed by atoms with van der Waals surface area (Å²) >= 11 is 0. The van der Waals surface area contributed by atoms with Crippen molar-refractivity contribution in [1.29, 1.82) is 5.26 Å². The maximum atomic E-state index is 13.4. The third kappa shape index (κ3) is 3.83. The van der Waals surface area contributed by atoms with Gasteiger partial charge < -0.3 is 10.1 Å². The van der Waals surface area contributed by atoms with E-state index in [9.17, 15) is 9.18 Å². The van der Waals surface area contributed by atoms with Gasteiger partial charge in [-0.2, -0.15) is 5.26 Å². The molecule has 1 atom stereocenters. The first-order valence-electron chi connectivity index (χ1n) is 6.73. The zero-order valence-electron chi connectivity index (χ0n) is 12.3. The summed E-state index contributed by atoms with van der Waals surface area (Å²) in [6.07, 6.45) is -0.779. The van der Waals surface area contributed by atoms with E-state index in [1.807, 2.05) is 6.07 Å². The second kappa shape index (κ2) is 6.72. The molecule has 1 N–H and O–H groups in total. The van der Waals surface area contributed by atoms with Gasteiger partial charge in [0.05, 0.1) is 11.6 Å². The molecule has 0 aliphatic rings. The molecule has 1 unspecified atom stereocenters. The number of ether oxygens (including phenoxy) is 1. The Balaban J connectivity index is 2.02. The third-order valence-electron chi connectivity index (χ3n) is 3.08. The van der Waals surface area contributed by atoms with Crippen molar-refractivity contribution in [2.24, 2.45) is 0 Å². The number of carbonyl (C=O) groups excluding carboxylic acids is 1. The fourth-order valence-electron chi connectivity index (χ4n) is 1.81. The molecule has 2 aromatic carbocycles. The number of hydrogen-bond acceptors (Lipinski definition) is 3. The molecule has 5 heteroatoms. The van der Waals surface area contributed by atoms with E-state index < -0.39 is 12.0 Å². The highest BCUT2D eigenvalue weighted by Gasteiger charge is 2.15. The molecule has 0 saturated carbocycles. The first-order chi connectivity index (χ1) is 10.5. The minimum absolute atomic E-state index is 0.370. The van der Waals surface area contributed by atoms with Crippen LogP contribution in [0.15, 0.2) is 42.5 Å². The molecule has 112 valence electrons. The van der Waals surface area contributed by atoms with Crippen LogP contribution in [0, 0.1) is 24.1 Å². The third-order valence-corrected chi connectivity index (χ3v) is 3.08. The minimum atomic E-state index is -0.779. The van der Waals surface area contributed by atoms with Crippen LogP contribution >= 0.6 is 0 Å². The lowest BCUT2D eigenvalue weighted by Gasteiger charge is -2.15. The molecule has 0 fully saturated rings. The maximum absolute atomic E-state index is 13.4. The van der Waals surface area contributed by atoms with Crippen LogP contribution in [0.2, 0.25) is 0 Å². The highest BCUT2D eigenvalue weighted by molar-refractivity contribution is 5.94. The number of halogens is 1. The Hall–Kier alpha value is -2.87. The van der Waals surface area contributed by atoms with E-state index in [1.54, 1.807) is 50.2 Å². The smallest absolute Gasteiger partial charge is 0.265 e. The standard InChI is InChI=1S/C17H15FN2O2/c1-11-6-7-14(9-16(11)18)20-17(21)12(2)22-15-5-3-4-13(8-15)10-19/h3-9,12H,1-2H3,(H,20,21). The fraction of sp³-hybridized carbons (Fsp3) is 0.176. The topological polar surface area (TPSA) is 62.1 Å². The van der Waals surface area contributed by atoms with Gasteiger partial charge in [0.15, 0.2) is 6.10 Å².